The van der Waals surface area contributed by atoms with Crippen molar-refractivity contribution < 1.29 is 153 Å². The molecule has 24 nitrogen and oxygen atoms in total. The number of amides is 8. The van der Waals surface area contributed by atoms with Crippen molar-refractivity contribution in [2.75, 3.05) is 26.4 Å². The molecule has 0 rings (SSSR count). The molecule has 0 aliphatic heterocycles. The van der Waals surface area contributed by atoms with E-state index in [2.05, 4.69) is 30.4 Å². The molecule has 0 aromatic carbocycles. The molecule has 0 spiro atoms. The Morgan fingerprint density at radius 2 is 0.455 bits per heavy atom. The summed E-state index contributed by atoms with van der Waals surface area (Å²) in [5.41, 5.74) is 0. The number of rotatable bonds is 24. The summed E-state index contributed by atoms with van der Waals surface area (Å²) >= 11 is -10.1. The predicted octanol–water partition coefficient (Wildman–Crippen LogP) is -11.1. The first-order chi connectivity index (χ1) is 21.0. The van der Waals surface area contributed by atoms with Gasteiger partial charge in [-0.3, -0.25) is 0 Å². The molecule has 0 aromatic rings. The molecule has 44 heavy (non-hydrogen) atoms. The molecule has 0 aromatic heterocycles. The van der Waals surface area contributed by atoms with Crippen molar-refractivity contribution in [3.05, 3.63) is 0 Å². The molecular formula is C16H36N8O16Ti4. The number of aliphatic hydroxyl groups excluding tert-OH is 8. The van der Waals surface area contributed by atoms with Gasteiger partial charge in [-0.2, -0.15) is 0 Å². The molecule has 0 fully saturated rings. The molecule has 16 N–H and O–H groups in total. The third-order valence-electron chi connectivity index (χ3n) is 3.74. The van der Waals surface area contributed by atoms with Gasteiger partial charge in [-0.25, -0.2) is 0 Å². The Balaban J connectivity index is -0.000000242. The molecule has 0 saturated heterocycles. The zero-order chi connectivity index (χ0) is 34.8. The van der Waals surface area contributed by atoms with Crippen LogP contribution in [0.1, 0.15) is 0 Å². The molecule has 4 unspecified atom stereocenters. The zero-order valence-corrected chi connectivity index (χ0v) is 28.8. The van der Waals surface area contributed by atoms with E-state index < -0.39 is 118 Å². The van der Waals surface area contributed by atoms with E-state index in [1.165, 1.54) is 0 Å². The number of hydrogen-bond donors (Lipinski definition) is 16. The van der Waals surface area contributed by atoms with Gasteiger partial charge in [0.25, 0.3) is 0 Å². The third-order valence-corrected chi connectivity index (χ3v) is 14.4. The van der Waals surface area contributed by atoms with E-state index in [9.17, 15) is 38.4 Å². The Bertz CT molecular complexity index is 613. The summed E-state index contributed by atoms with van der Waals surface area (Å²) in [4.78, 5) is 79.1. The van der Waals surface area contributed by atoms with Gasteiger partial charge in [-0.15, -0.1) is 0 Å². The number of aliphatic hydroxyl groups is 8. The van der Waals surface area contributed by atoms with Crippen LogP contribution in [0.25, 0.3) is 0 Å². The summed E-state index contributed by atoms with van der Waals surface area (Å²) in [6, 6.07) is 0. The number of hydrogen-bond acceptors (Lipinski definition) is 16. The van der Waals surface area contributed by atoms with E-state index >= 15 is 0 Å². The second-order valence-corrected chi connectivity index (χ2v) is 19.5. The predicted molar refractivity (Wildman–Crippen MR) is 126 cm³/mol. The second kappa shape index (κ2) is 37.5. The topological polar surface area (TPSA) is 395 Å². The van der Waals surface area contributed by atoms with Gasteiger partial charge >= 0.3 is 278 Å². The molecule has 0 radical (unpaired) electrons. The monoisotopic (exact) mass is 788 g/mol. The summed E-state index contributed by atoms with van der Waals surface area (Å²) in [6.07, 6.45) is 3.15. The molecule has 0 bridgehead atoms. The molecule has 0 heterocycles. The minimum absolute atomic E-state index is 0.394. The van der Waals surface area contributed by atoms with Crippen LogP contribution >= 0.6 is 0 Å². The molecule has 8 amide bonds. The van der Waals surface area contributed by atoms with Crippen LogP contribution in [0.5, 0.6) is 0 Å². The van der Waals surface area contributed by atoms with E-state index in [1.54, 1.807) is 0 Å². The standard InChI is InChI=1S/4C2H5O2.8CH3NO.4Ti/c4*3-1-2-4;8*2-1-3;;;;/h4*1,3-4H,2H2;8*1H,(H2,2,3);;;;/q;;;;;;;;;;;;4*+2/p-8. The van der Waals surface area contributed by atoms with Crippen LogP contribution in [0, 0.1) is 0 Å². The van der Waals surface area contributed by atoms with Gasteiger partial charge in [0.05, 0.1) is 0 Å². The van der Waals surface area contributed by atoms with Crippen molar-refractivity contribution >= 4 is 51.3 Å². The van der Waals surface area contributed by atoms with Gasteiger partial charge in [0.2, 0.25) is 0 Å². The van der Waals surface area contributed by atoms with Gasteiger partial charge < -0.3 is 0 Å². The Kier molecular flexibility index (Phi) is 41.9. The van der Waals surface area contributed by atoms with Crippen LogP contribution in [-0.2, 0) is 112 Å². The number of carbonyl (C=O) groups excluding carboxylic acids is 8. The summed E-state index contributed by atoms with van der Waals surface area (Å²) in [6.45, 7) is -1.85. The summed E-state index contributed by atoms with van der Waals surface area (Å²) in [5, 5.41) is 69.6. The molecule has 4 atom stereocenters. The SMILES string of the molecule is O=C[NH][Ti]([NH]C=O)[CH](O)CO.O=C[NH][Ti]([NH]C=O)[CH](O)CO.O=C[NH][Ti]([NH]C=O)[CH](O)CO.O=C[NH][Ti]([NH]C=O)[CH](O)CO. The first-order valence-electron chi connectivity index (χ1n) is 11.3. The number of nitrogens with one attached hydrogen (secondary N) is 8. The summed E-state index contributed by atoms with van der Waals surface area (Å²) in [5.74, 6) is 0. The van der Waals surface area contributed by atoms with Crippen molar-refractivity contribution in [1.29, 1.82) is 0 Å². The Morgan fingerprint density at radius 1 is 0.341 bits per heavy atom. The van der Waals surface area contributed by atoms with E-state index in [1.807, 2.05) is 0 Å². The first kappa shape index (κ1) is 49.2. The van der Waals surface area contributed by atoms with Crippen LogP contribution in [0.2, 0.25) is 0 Å². The van der Waals surface area contributed by atoms with E-state index in [0.717, 1.165) is 0 Å². The van der Waals surface area contributed by atoms with Crippen LogP contribution in [0.3, 0.4) is 0 Å². The average molecular weight is 788 g/mol. The summed E-state index contributed by atoms with van der Waals surface area (Å²) < 4.78 is 14.1. The van der Waals surface area contributed by atoms with Crippen molar-refractivity contribution in [3.8, 4) is 0 Å². The molecule has 0 aliphatic rings. The van der Waals surface area contributed by atoms with Crippen molar-refractivity contribution in [1.82, 2.24) is 30.4 Å². The van der Waals surface area contributed by atoms with Crippen molar-refractivity contribution in [3.63, 3.8) is 0 Å². The fraction of sp³-hybridized carbons (Fsp3) is 0.500. The normalized spacial score (nSPS) is 11.5. The van der Waals surface area contributed by atoms with E-state index in [4.69, 9.17) is 40.9 Å². The average Bonchev–Trinajstić information content (AvgIpc) is 3.03. The van der Waals surface area contributed by atoms with Gasteiger partial charge in [-0.05, 0) is 0 Å². The van der Waals surface area contributed by atoms with Crippen LogP contribution < -0.4 is 30.4 Å². The molecule has 252 valence electrons. The van der Waals surface area contributed by atoms with Crippen LogP contribution in [0.4, 0.5) is 0 Å². The first-order valence-corrected chi connectivity index (χ1v) is 21.1. The quantitative estimate of drug-likeness (QED) is 0.0319. The van der Waals surface area contributed by atoms with Gasteiger partial charge in [0, 0.05) is 0 Å². The molecule has 28 heteroatoms. The summed E-state index contributed by atoms with van der Waals surface area (Å²) in [7, 11) is 0. The molecular weight excluding hydrogens is 752 g/mol. The maximum absolute atomic E-state index is 9.89. The van der Waals surface area contributed by atoms with E-state index in [-0.39, 0.29) is 0 Å². The van der Waals surface area contributed by atoms with Crippen molar-refractivity contribution in [2.24, 2.45) is 0 Å². The minimum atomic E-state index is -2.52. The third kappa shape index (κ3) is 29.0. The fourth-order valence-electron chi connectivity index (χ4n) is 1.81. The van der Waals surface area contributed by atoms with E-state index in [0.29, 0.717) is 51.3 Å². The maximum atomic E-state index is 9.89. The Hall–Kier alpha value is -1.70. The zero-order valence-electron chi connectivity index (χ0n) is 22.6. The van der Waals surface area contributed by atoms with Gasteiger partial charge in [-0.1, -0.05) is 0 Å². The second-order valence-electron chi connectivity index (χ2n) is 6.55. The number of carbonyl (C=O) groups is 8. The van der Waals surface area contributed by atoms with Crippen molar-refractivity contribution in [2.45, 2.75) is 17.6 Å². The van der Waals surface area contributed by atoms with Crippen LogP contribution in [0.15, 0.2) is 0 Å². The molecule has 0 saturated carbocycles. The Labute approximate surface area is 276 Å². The van der Waals surface area contributed by atoms with Crippen LogP contribution in [-0.4, -0.2) is 136 Å². The fourth-order valence-corrected chi connectivity index (χ4v) is 7.46. The molecule has 0 aliphatic carbocycles. The van der Waals surface area contributed by atoms with Gasteiger partial charge in [0.15, 0.2) is 0 Å². The van der Waals surface area contributed by atoms with Gasteiger partial charge in [0.1, 0.15) is 0 Å². The Morgan fingerprint density at radius 3 is 0.523 bits per heavy atom.